The van der Waals surface area contributed by atoms with E-state index in [1.54, 1.807) is 13.0 Å². The van der Waals surface area contributed by atoms with Gasteiger partial charge in [-0.25, -0.2) is 4.39 Å². The van der Waals surface area contributed by atoms with Crippen LogP contribution in [0.4, 0.5) is 4.39 Å². The van der Waals surface area contributed by atoms with Crippen molar-refractivity contribution in [1.29, 1.82) is 0 Å². The minimum absolute atomic E-state index is 0.0934. The molecule has 1 fully saturated rings. The first-order chi connectivity index (χ1) is 7.70. The number of hydrogen-bond acceptors (Lipinski definition) is 1. The highest BCUT2D eigenvalue weighted by Gasteiger charge is 2.22. The van der Waals surface area contributed by atoms with Crippen molar-refractivity contribution in [3.8, 4) is 0 Å². The summed E-state index contributed by atoms with van der Waals surface area (Å²) in [6.07, 6.45) is 5.15. The molecule has 1 atom stereocenters. The second-order valence-electron chi connectivity index (χ2n) is 4.87. The summed E-state index contributed by atoms with van der Waals surface area (Å²) in [6, 6.07) is 5.87. The van der Waals surface area contributed by atoms with Crippen molar-refractivity contribution >= 4 is 0 Å². The number of rotatable bonds is 5. The van der Waals surface area contributed by atoms with Crippen LogP contribution in [0.5, 0.6) is 0 Å². The standard InChI is InChI=1S/C14H20FN/c1-10-3-7-12(9-13(10)15)14(16-2)8-6-11-4-5-11/h3,7,9,11,14,16H,4-6,8H2,1-2H3. The van der Waals surface area contributed by atoms with Gasteiger partial charge in [-0.3, -0.25) is 0 Å². The van der Waals surface area contributed by atoms with Crippen molar-refractivity contribution < 1.29 is 4.39 Å². The highest BCUT2D eigenvalue weighted by Crippen LogP contribution is 2.35. The fraction of sp³-hybridized carbons (Fsp3) is 0.571. The molecule has 0 aromatic heterocycles. The Morgan fingerprint density at radius 2 is 2.19 bits per heavy atom. The fourth-order valence-corrected chi connectivity index (χ4v) is 2.11. The molecule has 2 rings (SSSR count). The molecule has 2 heteroatoms. The zero-order valence-corrected chi connectivity index (χ0v) is 10.1. The van der Waals surface area contributed by atoms with E-state index < -0.39 is 0 Å². The van der Waals surface area contributed by atoms with Crippen LogP contribution in [0.15, 0.2) is 18.2 Å². The van der Waals surface area contributed by atoms with E-state index in [4.69, 9.17) is 0 Å². The SMILES string of the molecule is CNC(CCC1CC1)c1ccc(C)c(F)c1. The highest BCUT2D eigenvalue weighted by atomic mass is 19.1. The van der Waals surface area contributed by atoms with Gasteiger partial charge in [-0.1, -0.05) is 25.0 Å². The van der Waals surface area contributed by atoms with Crippen LogP contribution in [0, 0.1) is 18.7 Å². The Kier molecular flexibility index (Phi) is 3.59. The Bertz CT molecular complexity index is 358. The molecule has 0 bridgehead atoms. The number of nitrogens with one attached hydrogen (secondary N) is 1. The molecule has 1 aliphatic rings. The van der Waals surface area contributed by atoms with Crippen molar-refractivity contribution in [3.05, 3.63) is 35.1 Å². The Morgan fingerprint density at radius 3 is 2.75 bits per heavy atom. The van der Waals surface area contributed by atoms with Crippen LogP contribution in [-0.4, -0.2) is 7.05 Å². The normalized spacial score (nSPS) is 17.4. The van der Waals surface area contributed by atoms with E-state index in [1.165, 1.54) is 19.3 Å². The maximum absolute atomic E-state index is 13.5. The van der Waals surface area contributed by atoms with E-state index >= 15 is 0 Å². The maximum atomic E-state index is 13.5. The summed E-state index contributed by atoms with van der Waals surface area (Å²) in [7, 11) is 1.95. The van der Waals surface area contributed by atoms with Gasteiger partial charge in [0.25, 0.3) is 0 Å². The van der Waals surface area contributed by atoms with Crippen LogP contribution in [-0.2, 0) is 0 Å². The summed E-state index contributed by atoms with van der Waals surface area (Å²) in [5.74, 6) is 0.843. The van der Waals surface area contributed by atoms with Gasteiger partial charge >= 0.3 is 0 Å². The van der Waals surface area contributed by atoms with Crippen LogP contribution in [0.2, 0.25) is 0 Å². The van der Waals surface area contributed by atoms with E-state index in [0.717, 1.165) is 23.5 Å². The third-order valence-electron chi connectivity index (χ3n) is 3.51. The Labute approximate surface area is 97.1 Å². The molecule has 0 heterocycles. The molecule has 1 N–H and O–H groups in total. The summed E-state index contributed by atoms with van der Waals surface area (Å²) in [4.78, 5) is 0. The van der Waals surface area contributed by atoms with Gasteiger partial charge in [0.2, 0.25) is 0 Å². The number of halogens is 1. The lowest BCUT2D eigenvalue weighted by molar-refractivity contribution is 0.502. The topological polar surface area (TPSA) is 12.0 Å². The van der Waals surface area contributed by atoms with Gasteiger partial charge < -0.3 is 5.32 Å². The summed E-state index contributed by atoms with van der Waals surface area (Å²) in [5.41, 5.74) is 1.80. The lowest BCUT2D eigenvalue weighted by Gasteiger charge is -2.17. The third-order valence-corrected chi connectivity index (χ3v) is 3.51. The van der Waals surface area contributed by atoms with Gasteiger partial charge in [0.15, 0.2) is 0 Å². The first-order valence-electron chi connectivity index (χ1n) is 6.14. The van der Waals surface area contributed by atoms with Gasteiger partial charge in [0, 0.05) is 6.04 Å². The Morgan fingerprint density at radius 1 is 1.44 bits per heavy atom. The maximum Gasteiger partial charge on any atom is 0.126 e. The predicted molar refractivity (Wildman–Crippen MR) is 64.9 cm³/mol. The number of hydrogen-bond donors (Lipinski definition) is 1. The molecule has 1 aromatic rings. The molecule has 0 radical (unpaired) electrons. The van der Waals surface area contributed by atoms with Gasteiger partial charge in [-0.05, 0) is 49.9 Å². The number of benzene rings is 1. The molecule has 1 aromatic carbocycles. The van der Waals surface area contributed by atoms with Gasteiger partial charge in [-0.15, -0.1) is 0 Å². The molecular formula is C14H20FN. The van der Waals surface area contributed by atoms with Gasteiger partial charge in [0.1, 0.15) is 5.82 Å². The van der Waals surface area contributed by atoms with Crippen molar-refractivity contribution in [2.24, 2.45) is 5.92 Å². The van der Waals surface area contributed by atoms with E-state index in [0.29, 0.717) is 6.04 Å². The summed E-state index contributed by atoms with van der Waals surface area (Å²) in [5, 5.41) is 3.28. The van der Waals surface area contributed by atoms with Crippen LogP contribution in [0.1, 0.15) is 42.9 Å². The molecule has 88 valence electrons. The van der Waals surface area contributed by atoms with E-state index in [9.17, 15) is 4.39 Å². The van der Waals surface area contributed by atoms with Crippen molar-refractivity contribution in [2.45, 2.75) is 38.6 Å². The predicted octanol–water partition coefficient (Wildman–Crippen LogP) is 3.58. The van der Waals surface area contributed by atoms with Gasteiger partial charge in [0.05, 0.1) is 0 Å². The third kappa shape index (κ3) is 2.82. The lowest BCUT2D eigenvalue weighted by atomic mass is 9.99. The molecule has 1 saturated carbocycles. The Balaban J connectivity index is 2.02. The monoisotopic (exact) mass is 221 g/mol. The molecule has 1 aliphatic carbocycles. The van der Waals surface area contributed by atoms with E-state index in [2.05, 4.69) is 5.32 Å². The smallest absolute Gasteiger partial charge is 0.126 e. The number of aryl methyl sites for hydroxylation is 1. The van der Waals surface area contributed by atoms with Gasteiger partial charge in [-0.2, -0.15) is 0 Å². The average Bonchev–Trinajstić information content (AvgIpc) is 3.08. The van der Waals surface area contributed by atoms with Crippen LogP contribution >= 0.6 is 0 Å². The van der Waals surface area contributed by atoms with E-state index in [-0.39, 0.29) is 5.82 Å². The van der Waals surface area contributed by atoms with E-state index in [1.807, 2.05) is 19.2 Å². The van der Waals surface area contributed by atoms with Crippen LogP contribution in [0.25, 0.3) is 0 Å². The lowest BCUT2D eigenvalue weighted by Crippen LogP contribution is -2.16. The molecule has 1 nitrogen and oxygen atoms in total. The molecule has 1 unspecified atom stereocenters. The van der Waals surface area contributed by atoms with Crippen LogP contribution in [0.3, 0.4) is 0 Å². The quantitative estimate of drug-likeness (QED) is 0.801. The molecule has 0 aliphatic heterocycles. The average molecular weight is 221 g/mol. The summed E-state index contributed by atoms with van der Waals surface area (Å²) in [6.45, 7) is 1.80. The summed E-state index contributed by atoms with van der Waals surface area (Å²) >= 11 is 0. The van der Waals surface area contributed by atoms with Crippen LogP contribution < -0.4 is 5.32 Å². The van der Waals surface area contributed by atoms with Crippen molar-refractivity contribution in [1.82, 2.24) is 5.32 Å². The highest BCUT2D eigenvalue weighted by molar-refractivity contribution is 5.25. The Hall–Kier alpha value is -0.890. The second kappa shape index (κ2) is 4.96. The zero-order valence-electron chi connectivity index (χ0n) is 10.1. The minimum atomic E-state index is -0.0934. The molecule has 16 heavy (non-hydrogen) atoms. The molecule has 0 amide bonds. The first-order valence-corrected chi connectivity index (χ1v) is 6.14. The van der Waals surface area contributed by atoms with Crippen molar-refractivity contribution in [2.75, 3.05) is 7.05 Å². The summed E-state index contributed by atoms with van der Waals surface area (Å²) < 4.78 is 13.5. The molecule has 0 saturated heterocycles. The first kappa shape index (κ1) is 11.6. The molecular weight excluding hydrogens is 201 g/mol. The second-order valence-corrected chi connectivity index (χ2v) is 4.87. The molecule has 0 spiro atoms. The zero-order chi connectivity index (χ0) is 11.5. The fourth-order valence-electron chi connectivity index (χ4n) is 2.11. The van der Waals surface area contributed by atoms with Crippen molar-refractivity contribution in [3.63, 3.8) is 0 Å². The largest absolute Gasteiger partial charge is 0.313 e. The minimum Gasteiger partial charge on any atom is -0.313 e.